The molecule has 1 rings (SSSR count). The summed E-state index contributed by atoms with van der Waals surface area (Å²) in [5, 5.41) is 3.31. The van der Waals surface area contributed by atoms with Crippen LogP contribution >= 0.6 is 0 Å². The molecule has 19 heavy (non-hydrogen) atoms. The van der Waals surface area contributed by atoms with Crippen LogP contribution in [0.5, 0.6) is 5.75 Å². The summed E-state index contributed by atoms with van der Waals surface area (Å²) in [6, 6.07) is 6.21. The van der Waals surface area contributed by atoms with Crippen LogP contribution in [0.3, 0.4) is 0 Å². The van der Waals surface area contributed by atoms with E-state index >= 15 is 0 Å². The van der Waals surface area contributed by atoms with Crippen molar-refractivity contribution in [3.05, 3.63) is 29.3 Å². The van der Waals surface area contributed by atoms with Crippen LogP contribution in [-0.2, 0) is 4.74 Å². The van der Waals surface area contributed by atoms with Crippen molar-refractivity contribution in [2.45, 2.75) is 33.6 Å². The summed E-state index contributed by atoms with van der Waals surface area (Å²) in [5.74, 6) is 0.948. The molecule has 0 saturated heterocycles. The number of rotatable bonds is 10. The lowest BCUT2D eigenvalue weighted by molar-refractivity contribution is 0.132. The maximum atomic E-state index is 5.68. The van der Waals surface area contributed by atoms with Gasteiger partial charge in [-0.05, 0) is 43.5 Å². The normalized spacial score (nSPS) is 10.7. The minimum atomic E-state index is 0.692. The number of unbranched alkanes of at least 4 members (excludes halogenated alkanes) is 1. The Morgan fingerprint density at radius 3 is 2.53 bits per heavy atom. The molecule has 0 atom stereocenters. The number of benzene rings is 1. The molecule has 0 spiro atoms. The number of hydrogen-bond donors (Lipinski definition) is 1. The third-order valence-electron chi connectivity index (χ3n) is 3.09. The molecular formula is C16H27NO2. The Morgan fingerprint density at radius 2 is 1.79 bits per heavy atom. The van der Waals surface area contributed by atoms with Crippen molar-refractivity contribution < 1.29 is 9.47 Å². The number of hydrogen-bond acceptors (Lipinski definition) is 3. The second kappa shape index (κ2) is 9.82. The van der Waals surface area contributed by atoms with E-state index in [0.717, 1.165) is 38.5 Å². The van der Waals surface area contributed by atoms with Crippen LogP contribution in [-0.4, -0.2) is 32.9 Å². The van der Waals surface area contributed by atoms with Crippen LogP contribution in [0.4, 0.5) is 0 Å². The molecule has 0 amide bonds. The van der Waals surface area contributed by atoms with Gasteiger partial charge in [0.1, 0.15) is 12.4 Å². The molecular weight excluding hydrogens is 238 g/mol. The first-order valence-electron chi connectivity index (χ1n) is 7.22. The molecule has 3 nitrogen and oxygen atoms in total. The monoisotopic (exact) mass is 265 g/mol. The molecule has 0 aliphatic rings. The molecule has 0 bridgehead atoms. The van der Waals surface area contributed by atoms with Crippen LogP contribution in [0.25, 0.3) is 0 Å². The Hall–Kier alpha value is -1.06. The molecule has 3 heteroatoms. The highest BCUT2D eigenvalue weighted by Crippen LogP contribution is 2.15. The SMILES string of the molecule is CCCCOCCNCCOc1ccc(C)c(C)c1. The van der Waals surface area contributed by atoms with Gasteiger partial charge in [0.25, 0.3) is 0 Å². The maximum absolute atomic E-state index is 5.68. The van der Waals surface area contributed by atoms with Gasteiger partial charge < -0.3 is 14.8 Å². The molecule has 0 aromatic heterocycles. The van der Waals surface area contributed by atoms with E-state index in [4.69, 9.17) is 9.47 Å². The Kier molecular flexibility index (Phi) is 8.26. The highest BCUT2D eigenvalue weighted by atomic mass is 16.5. The van der Waals surface area contributed by atoms with Crippen molar-refractivity contribution in [3.63, 3.8) is 0 Å². The quantitative estimate of drug-likeness (QED) is 0.659. The summed E-state index contributed by atoms with van der Waals surface area (Å²) in [6.07, 6.45) is 2.34. The molecule has 1 N–H and O–H groups in total. The molecule has 1 aromatic carbocycles. The molecule has 108 valence electrons. The lowest BCUT2D eigenvalue weighted by atomic mass is 10.1. The molecule has 0 radical (unpaired) electrons. The van der Waals surface area contributed by atoms with Crippen LogP contribution in [0, 0.1) is 13.8 Å². The lowest BCUT2D eigenvalue weighted by Crippen LogP contribution is -2.25. The Morgan fingerprint density at radius 1 is 1.00 bits per heavy atom. The summed E-state index contributed by atoms with van der Waals surface area (Å²) in [4.78, 5) is 0. The molecule has 0 aliphatic heterocycles. The average Bonchev–Trinajstić information content (AvgIpc) is 2.41. The van der Waals surface area contributed by atoms with Crippen molar-refractivity contribution in [3.8, 4) is 5.75 Å². The molecule has 0 saturated carbocycles. The fraction of sp³-hybridized carbons (Fsp3) is 0.625. The number of aryl methyl sites for hydroxylation is 2. The first kappa shape index (κ1) is 16.0. The second-order valence-electron chi connectivity index (χ2n) is 4.81. The fourth-order valence-electron chi connectivity index (χ4n) is 1.66. The highest BCUT2D eigenvalue weighted by Gasteiger charge is 1.97. The summed E-state index contributed by atoms with van der Waals surface area (Å²) >= 11 is 0. The first-order chi connectivity index (χ1) is 9.24. The van der Waals surface area contributed by atoms with E-state index in [1.165, 1.54) is 17.5 Å². The zero-order valence-electron chi connectivity index (χ0n) is 12.5. The predicted molar refractivity (Wildman–Crippen MR) is 80.0 cm³/mol. The van der Waals surface area contributed by atoms with E-state index in [0.29, 0.717) is 6.61 Å². The smallest absolute Gasteiger partial charge is 0.119 e. The van der Waals surface area contributed by atoms with Crippen molar-refractivity contribution in [1.82, 2.24) is 5.32 Å². The topological polar surface area (TPSA) is 30.5 Å². The van der Waals surface area contributed by atoms with Gasteiger partial charge in [-0.3, -0.25) is 0 Å². The first-order valence-corrected chi connectivity index (χ1v) is 7.22. The molecule has 0 aliphatic carbocycles. The van der Waals surface area contributed by atoms with Crippen LogP contribution in [0.1, 0.15) is 30.9 Å². The van der Waals surface area contributed by atoms with E-state index in [9.17, 15) is 0 Å². The summed E-state index contributed by atoms with van der Waals surface area (Å²) in [6.45, 7) is 10.5. The second-order valence-corrected chi connectivity index (χ2v) is 4.81. The maximum Gasteiger partial charge on any atom is 0.119 e. The van der Waals surface area contributed by atoms with Crippen molar-refractivity contribution >= 4 is 0 Å². The van der Waals surface area contributed by atoms with Crippen molar-refractivity contribution in [2.24, 2.45) is 0 Å². The Bertz CT molecular complexity index is 353. The Balaban J connectivity index is 2.00. The van der Waals surface area contributed by atoms with Gasteiger partial charge >= 0.3 is 0 Å². The van der Waals surface area contributed by atoms with Gasteiger partial charge in [-0.15, -0.1) is 0 Å². The minimum absolute atomic E-state index is 0.692. The zero-order valence-corrected chi connectivity index (χ0v) is 12.5. The largest absolute Gasteiger partial charge is 0.492 e. The number of ether oxygens (including phenoxy) is 2. The summed E-state index contributed by atoms with van der Waals surface area (Å²) in [5.41, 5.74) is 2.57. The van der Waals surface area contributed by atoms with Crippen LogP contribution in [0.2, 0.25) is 0 Å². The Labute approximate surface area is 117 Å². The molecule has 1 aromatic rings. The lowest BCUT2D eigenvalue weighted by Gasteiger charge is -2.09. The van der Waals surface area contributed by atoms with Gasteiger partial charge in [0, 0.05) is 19.7 Å². The molecule has 0 heterocycles. The van der Waals surface area contributed by atoms with Gasteiger partial charge in [0.05, 0.1) is 6.61 Å². The van der Waals surface area contributed by atoms with Gasteiger partial charge in [-0.1, -0.05) is 19.4 Å². The third-order valence-corrected chi connectivity index (χ3v) is 3.09. The van der Waals surface area contributed by atoms with Crippen LogP contribution in [0.15, 0.2) is 18.2 Å². The highest BCUT2D eigenvalue weighted by molar-refractivity contribution is 5.33. The fourth-order valence-corrected chi connectivity index (χ4v) is 1.66. The van der Waals surface area contributed by atoms with E-state index in [2.05, 4.69) is 38.2 Å². The van der Waals surface area contributed by atoms with Gasteiger partial charge in [-0.2, -0.15) is 0 Å². The van der Waals surface area contributed by atoms with Crippen molar-refractivity contribution in [2.75, 3.05) is 32.9 Å². The van der Waals surface area contributed by atoms with Gasteiger partial charge in [-0.25, -0.2) is 0 Å². The van der Waals surface area contributed by atoms with Crippen LogP contribution < -0.4 is 10.1 Å². The van der Waals surface area contributed by atoms with E-state index in [-0.39, 0.29) is 0 Å². The summed E-state index contributed by atoms with van der Waals surface area (Å²) < 4.78 is 11.1. The van der Waals surface area contributed by atoms with Crippen molar-refractivity contribution in [1.29, 1.82) is 0 Å². The number of nitrogens with one attached hydrogen (secondary N) is 1. The summed E-state index contributed by atoms with van der Waals surface area (Å²) in [7, 11) is 0. The zero-order chi connectivity index (χ0) is 13.9. The standard InChI is InChI=1S/C16H27NO2/c1-4-5-10-18-11-8-17-9-12-19-16-7-6-14(2)15(3)13-16/h6-7,13,17H,4-5,8-12H2,1-3H3. The van der Waals surface area contributed by atoms with E-state index in [1.807, 2.05) is 6.07 Å². The minimum Gasteiger partial charge on any atom is -0.492 e. The third kappa shape index (κ3) is 7.19. The molecule has 0 unspecified atom stereocenters. The van der Waals surface area contributed by atoms with Gasteiger partial charge in [0.2, 0.25) is 0 Å². The van der Waals surface area contributed by atoms with E-state index in [1.54, 1.807) is 0 Å². The molecule has 0 fully saturated rings. The van der Waals surface area contributed by atoms with E-state index < -0.39 is 0 Å². The predicted octanol–water partition coefficient (Wildman–Crippen LogP) is 3.09. The van der Waals surface area contributed by atoms with Gasteiger partial charge in [0.15, 0.2) is 0 Å². The average molecular weight is 265 g/mol.